The number of nitrogens with zero attached hydrogens (tertiary/aromatic N) is 2. The molecule has 0 spiro atoms. The molecule has 0 atom stereocenters. The SMILES string of the molecule is Cc1c(/C=C/c2ccc(OCc3ccccc3)cc2)n[nH]c(=O)c1C#N. The van der Waals surface area contributed by atoms with Crippen LogP contribution < -0.4 is 10.3 Å². The van der Waals surface area contributed by atoms with Gasteiger partial charge in [-0.1, -0.05) is 48.5 Å². The molecule has 26 heavy (non-hydrogen) atoms. The number of H-pyrrole nitrogens is 1. The number of nitriles is 1. The summed E-state index contributed by atoms with van der Waals surface area (Å²) in [5.74, 6) is 0.788. The first-order chi connectivity index (χ1) is 12.7. The topological polar surface area (TPSA) is 78.8 Å². The van der Waals surface area contributed by atoms with Crippen LogP contribution >= 0.6 is 0 Å². The van der Waals surface area contributed by atoms with Gasteiger partial charge >= 0.3 is 0 Å². The molecule has 0 aliphatic carbocycles. The van der Waals surface area contributed by atoms with Crippen LogP contribution in [0.15, 0.2) is 59.4 Å². The van der Waals surface area contributed by atoms with Gasteiger partial charge in [0, 0.05) is 0 Å². The van der Waals surface area contributed by atoms with Crippen molar-refractivity contribution in [3.8, 4) is 11.8 Å². The molecule has 0 fully saturated rings. The zero-order valence-electron chi connectivity index (χ0n) is 14.3. The second-order valence-corrected chi connectivity index (χ2v) is 5.73. The highest BCUT2D eigenvalue weighted by molar-refractivity contribution is 5.70. The zero-order valence-corrected chi connectivity index (χ0v) is 14.3. The third-order valence-electron chi connectivity index (χ3n) is 3.94. The average Bonchev–Trinajstić information content (AvgIpc) is 2.68. The first-order valence-corrected chi connectivity index (χ1v) is 8.11. The van der Waals surface area contributed by atoms with E-state index in [-0.39, 0.29) is 5.56 Å². The van der Waals surface area contributed by atoms with Crippen LogP contribution in [0.25, 0.3) is 12.2 Å². The number of hydrogen-bond donors (Lipinski definition) is 1. The molecule has 2 aromatic carbocycles. The second-order valence-electron chi connectivity index (χ2n) is 5.73. The Morgan fingerprint density at radius 1 is 1.12 bits per heavy atom. The van der Waals surface area contributed by atoms with E-state index >= 15 is 0 Å². The standard InChI is InChI=1S/C21H17N3O2/c1-15-19(13-22)21(25)24-23-20(15)12-9-16-7-10-18(11-8-16)26-14-17-5-3-2-4-6-17/h2-12H,14H2,1H3,(H,24,25)/b12-9+. The summed E-state index contributed by atoms with van der Waals surface area (Å²) >= 11 is 0. The summed E-state index contributed by atoms with van der Waals surface area (Å²) in [6.07, 6.45) is 3.64. The van der Waals surface area contributed by atoms with Crippen molar-refractivity contribution >= 4 is 12.2 Å². The van der Waals surface area contributed by atoms with E-state index in [0.29, 0.717) is 17.9 Å². The molecule has 0 unspecified atom stereocenters. The lowest BCUT2D eigenvalue weighted by atomic mass is 10.1. The van der Waals surface area contributed by atoms with Crippen LogP contribution in [-0.4, -0.2) is 10.2 Å². The Morgan fingerprint density at radius 3 is 2.54 bits per heavy atom. The lowest BCUT2D eigenvalue weighted by Gasteiger charge is -2.06. The van der Waals surface area contributed by atoms with Crippen LogP contribution in [-0.2, 0) is 6.61 Å². The van der Waals surface area contributed by atoms with E-state index in [1.807, 2.05) is 66.7 Å². The lowest BCUT2D eigenvalue weighted by molar-refractivity contribution is 0.306. The van der Waals surface area contributed by atoms with Crippen molar-refractivity contribution in [2.75, 3.05) is 0 Å². The Morgan fingerprint density at radius 2 is 1.85 bits per heavy atom. The average molecular weight is 343 g/mol. The highest BCUT2D eigenvalue weighted by atomic mass is 16.5. The Kier molecular flexibility index (Phi) is 5.25. The Hall–Kier alpha value is -3.65. The molecule has 3 rings (SSSR count). The van der Waals surface area contributed by atoms with Gasteiger partial charge in [-0.25, -0.2) is 5.10 Å². The summed E-state index contributed by atoms with van der Waals surface area (Å²) in [6.45, 7) is 2.23. The van der Waals surface area contributed by atoms with Gasteiger partial charge in [0.05, 0.1) is 5.69 Å². The normalized spacial score (nSPS) is 10.6. The number of benzene rings is 2. The second kappa shape index (κ2) is 7.95. The van der Waals surface area contributed by atoms with E-state index in [1.54, 1.807) is 13.0 Å². The Labute approximate surface area is 151 Å². The number of nitrogens with one attached hydrogen (secondary N) is 1. The van der Waals surface area contributed by atoms with Crippen molar-refractivity contribution in [3.05, 3.63) is 92.9 Å². The van der Waals surface area contributed by atoms with Crippen LogP contribution in [0, 0.1) is 18.3 Å². The van der Waals surface area contributed by atoms with E-state index in [0.717, 1.165) is 16.9 Å². The molecule has 1 heterocycles. The van der Waals surface area contributed by atoms with Gasteiger partial charge in [0.15, 0.2) is 0 Å². The van der Waals surface area contributed by atoms with Crippen LogP contribution in [0.5, 0.6) is 5.75 Å². The van der Waals surface area contributed by atoms with Crippen LogP contribution in [0.4, 0.5) is 0 Å². The molecule has 0 saturated carbocycles. The molecule has 1 N–H and O–H groups in total. The number of rotatable bonds is 5. The van der Waals surface area contributed by atoms with Gasteiger partial charge in [0.2, 0.25) is 0 Å². The van der Waals surface area contributed by atoms with E-state index in [1.165, 1.54) is 0 Å². The van der Waals surface area contributed by atoms with E-state index < -0.39 is 5.56 Å². The summed E-state index contributed by atoms with van der Waals surface area (Å²) in [7, 11) is 0. The van der Waals surface area contributed by atoms with Crippen molar-refractivity contribution in [1.82, 2.24) is 10.2 Å². The molecule has 0 amide bonds. The van der Waals surface area contributed by atoms with Gasteiger partial charge in [-0.05, 0) is 41.8 Å². The van der Waals surface area contributed by atoms with Gasteiger partial charge < -0.3 is 4.74 Å². The van der Waals surface area contributed by atoms with E-state index in [2.05, 4.69) is 10.2 Å². The van der Waals surface area contributed by atoms with Crippen molar-refractivity contribution in [3.63, 3.8) is 0 Å². The van der Waals surface area contributed by atoms with Crippen molar-refractivity contribution < 1.29 is 4.74 Å². The molecule has 0 bridgehead atoms. The molecule has 128 valence electrons. The van der Waals surface area contributed by atoms with Gasteiger partial charge in [-0.15, -0.1) is 0 Å². The molecule has 0 aliphatic heterocycles. The van der Waals surface area contributed by atoms with Crippen LogP contribution in [0.1, 0.15) is 27.9 Å². The highest BCUT2D eigenvalue weighted by Gasteiger charge is 2.07. The minimum Gasteiger partial charge on any atom is -0.489 e. The molecule has 3 aromatic rings. The minimum absolute atomic E-state index is 0.0873. The summed E-state index contributed by atoms with van der Waals surface area (Å²) in [4.78, 5) is 11.5. The summed E-state index contributed by atoms with van der Waals surface area (Å²) < 4.78 is 5.76. The molecular weight excluding hydrogens is 326 g/mol. The minimum atomic E-state index is -0.470. The van der Waals surface area contributed by atoms with Crippen molar-refractivity contribution in [1.29, 1.82) is 5.26 Å². The monoisotopic (exact) mass is 343 g/mol. The number of aromatic nitrogens is 2. The van der Waals surface area contributed by atoms with Crippen LogP contribution in [0.3, 0.4) is 0 Å². The van der Waals surface area contributed by atoms with Crippen molar-refractivity contribution in [2.24, 2.45) is 0 Å². The van der Waals surface area contributed by atoms with Gasteiger partial charge in [0.25, 0.3) is 5.56 Å². The van der Waals surface area contributed by atoms with Crippen molar-refractivity contribution in [2.45, 2.75) is 13.5 Å². The Bertz CT molecular complexity index is 1010. The van der Waals surface area contributed by atoms with Crippen LogP contribution in [0.2, 0.25) is 0 Å². The quantitative estimate of drug-likeness (QED) is 0.766. The molecule has 5 nitrogen and oxygen atoms in total. The molecule has 0 radical (unpaired) electrons. The fraction of sp³-hybridized carbons (Fsp3) is 0.0952. The maximum Gasteiger partial charge on any atom is 0.282 e. The fourth-order valence-electron chi connectivity index (χ4n) is 2.44. The molecule has 0 saturated heterocycles. The molecular formula is C21H17N3O2. The smallest absolute Gasteiger partial charge is 0.282 e. The predicted octanol–water partition coefficient (Wildman–Crippen LogP) is 3.70. The van der Waals surface area contributed by atoms with Gasteiger partial charge in [-0.2, -0.15) is 10.4 Å². The molecule has 5 heteroatoms. The molecule has 1 aromatic heterocycles. The highest BCUT2D eigenvalue weighted by Crippen LogP contribution is 2.16. The predicted molar refractivity (Wildman–Crippen MR) is 100 cm³/mol. The third kappa shape index (κ3) is 4.05. The first-order valence-electron chi connectivity index (χ1n) is 8.11. The third-order valence-corrected chi connectivity index (χ3v) is 3.94. The lowest BCUT2D eigenvalue weighted by Crippen LogP contribution is -2.15. The summed E-state index contributed by atoms with van der Waals surface area (Å²) in [6, 6.07) is 19.6. The number of hydrogen-bond acceptors (Lipinski definition) is 4. The van der Waals surface area contributed by atoms with Gasteiger partial charge in [0.1, 0.15) is 24.0 Å². The number of ether oxygens (including phenoxy) is 1. The summed E-state index contributed by atoms with van der Waals surface area (Å²) in [5, 5.41) is 15.4. The molecule has 0 aliphatic rings. The Balaban J connectivity index is 1.69. The zero-order chi connectivity index (χ0) is 18.4. The van der Waals surface area contributed by atoms with Gasteiger partial charge in [-0.3, -0.25) is 4.79 Å². The van der Waals surface area contributed by atoms with E-state index in [9.17, 15) is 4.79 Å². The number of aromatic amines is 1. The summed E-state index contributed by atoms with van der Waals surface area (Å²) in [5.41, 5.74) is 2.82. The van der Waals surface area contributed by atoms with E-state index in [4.69, 9.17) is 10.00 Å². The maximum atomic E-state index is 11.5. The fourth-order valence-corrected chi connectivity index (χ4v) is 2.44. The maximum absolute atomic E-state index is 11.5. The largest absolute Gasteiger partial charge is 0.489 e. The first kappa shape index (κ1) is 17.2.